The molecule has 1 amide bonds. The first kappa shape index (κ1) is 30.1. The van der Waals surface area contributed by atoms with E-state index < -0.39 is 17.1 Å². The van der Waals surface area contributed by atoms with Gasteiger partial charge < -0.3 is 25.6 Å². The molecule has 4 rings (SSSR count). The lowest BCUT2D eigenvalue weighted by Crippen LogP contribution is -2.30. The smallest absolute Gasteiger partial charge is 0.261 e. The third-order valence-electron chi connectivity index (χ3n) is 7.71. The number of benzene rings is 2. The molecule has 3 aromatic rings. The van der Waals surface area contributed by atoms with E-state index in [1.54, 1.807) is 44.2 Å². The van der Waals surface area contributed by atoms with Gasteiger partial charge in [0.1, 0.15) is 11.4 Å². The molecule has 0 radical (unpaired) electrons. The van der Waals surface area contributed by atoms with E-state index in [0.29, 0.717) is 53.5 Å². The summed E-state index contributed by atoms with van der Waals surface area (Å²) in [6, 6.07) is 13.3. The van der Waals surface area contributed by atoms with Gasteiger partial charge in [-0.3, -0.25) is 9.59 Å². The number of aromatic nitrogens is 1. The number of hydrogen-bond acceptors (Lipinski definition) is 7. The molecule has 0 bridgehead atoms. The van der Waals surface area contributed by atoms with E-state index >= 15 is 0 Å². The zero-order valence-electron chi connectivity index (χ0n) is 24.2. The van der Waals surface area contributed by atoms with Crippen LogP contribution in [0.4, 0.5) is 4.39 Å². The number of halogens is 1. The number of ketones is 1. The number of carbonyl (C=O) groups is 2. The number of rotatable bonds is 11. The van der Waals surface area contributed by atoms with Crippen LogP contribution < -0.4 is 20.5 Å². The summed E-state index contributed by atoms with van der Waals surface area (Å²) >= 11 is 0. The zero-order valence-corrected chi connectivity index (χ0v) is 24.2. The normalized spacial score (nSPS) is 16.7. The first-order chi connectivity index (χ1) is 19.3. The molecule has 1 unspecified atom stereocenters. The number of aryl methyl sites for hydroxylation is 1. The fraction of sp³-hybridized carbons (Fsp3) is 0.406. The van der Waals surface area contributed by atoms with Crippen molar-refractivity contribution in [3.63, 3.8) is 0 Å². The van der Waals surface area contributed by atoms with Gasteiger partial charge in [-0.1, -0.05) is 13.8 Å². The molecule has 9 heteroatoms. The molecule has 0 saturated carbocycles. The van der Waals surface area contributed by atoms with Crippen molar-refractivity contribution >= 4 is 11.7 Å². The molecule has 4 N–H and O–H groups in total. The molecule has 1 aliphatic heterocycles. The lowest BCUT2D eigenvalue weighted by molar-refractivity contribution is -0.124. The second kappa shape index (κ2) is 12.0. The molecule has 41 heavy (non-hydrogen) atoms. The number of nitrogens with two attached hydrogens (primary N) is 1. The highest BCUT2D eigenvalue weighted by Crippen LogP contribution is 2.35. The second-order valence-electron chi connectivity index (χ2n) is 11.4. The first-order valence-electron chi connectivity index (χ1n) is 13.7. The van der Waals surface area contributed by atoms with Gasteiger partial charge in [-0.05, 0) is 79.9 Å². The number of ether oxygens (including phenoxy) is 2. The highest BCUT2D eigenvalue weighted by molar-refractivity contribution is 5.96. The van der Waals surface area contributed by atoms with Crippen molar-refractivity contribution in [2.45, 2.75) is 64.1 Å². The van der Waals surface area contributed by atoms with Gasteiger partial charge in [0.15, 0.2) is 23.4 Å². The van der Waals surface area contributed by atoms with E-state index in [0.717, 1.165) is 11.1 Å². The Labute approximate surface area is 240 Å². The van der Waals surface area contributed by atoms with Crippen LogP contribution in [0.1, 0.15) is 67.2 Å². The third-order valence-corrected chi connectivity index (χ3v) is 7.71. The van der Waals surface area contributed by atoms with E-state index in [4.69, 9.17) is 20.2 Å². The van der Waals surface area contributed by atoms with Gasteiger partial charge in [0, 0.05) is 42.5 Å². The van der Waals surface area contributed by atoms with Gasteiger partial charge in [-0.15, -0.1) is 0 Å². The molecule has 2 aromatic carbocycles. The van der Waals surface area contributed by atoms with Gasteiger partial charge in [0.25, 0.3) is 5.91 Å². The third kappa shape index (κ3) is 6.74. The first-order valence-corrected chi connectivity index (χ1v) is 13.7. The van der Waals surface area contributed by atoms with Crippen molar-refractivity contribution < 1.29 is 28.6 Å². The molecule has 218 valence electrons. The maximum Gasteiger partial charge on any atom is 0.261 e. The van der Waals surface area contributed by atoms with E-state index in [-0.39, 0.29) is 30.3 Å². The summed E-state index contributed by atoms with van der Waals surface area (Å²) in [6.07, 6.45) is 0.101. The molecule has 8 nitrogen and oxygen atoms in total. The standard InChI is InChI=1S/C32H38FN3O5/c1-19-14-20(6-8-23(19)33)24-16-22(31(2,3)18-34)17-29(36-24)32(4,39)12-10-25(37)21-7-9-26(28(15-21)40-5)41-27-11-13-35-30(27)38/h6-9,14-17,27,39H,10-13,18,34H2,1-5H3,(H,35,38)/t27-,32?/m0/s1. The summed E-state index contributed by atoms with van der Waals surface area (Å²) in [5, 5.41) is 14.3. The number of nitrogens with one attached hydrogen (secondary N) is 1. The van der Waals surface area contributed by atoms with Crippen LogP contribution in [0.25, 0.3) is 11.3 Å². The van der Waals surface area contributed by atoms with Crippen LogP contribution in [0.5, 0.6) is 11.5 Å². The maximum atomic E-state index is 14.0. The number of carbonyl (C=O) groups excluding carboxylic acids is 2. The van der Waals surface area contributed by atoms with E-state index in [1.165, 1.54) is 13.2 Å². The summed E-state index contributed by atoms with van der Waals surface area (Å²) in [7, 11) is 1.47. The van der Waals surface area contributed by atoms with Crippen molar-refractivity contribution in [2.75, 3.05) is 20.2 Å². The molecule has 1 saturated heterocycles. The highest BCUT2D eigenvalue weighted by atomic mass is 19.1. The summed E-state index contributed by atoms with van der Waals surface area (Å²) in [5.74, 6) is 0.0459. The quantitative estimate of drug-likeness (QED) is 0.292. The molecule has 2 heterocycles. The highest BCUT2D eigenvalue weighted by Gasteiger charge is 2.31. The monoisotopic (exact) mass is 563 g/mol. The Morgan fingerprint density at radius 2 is 1.90 bits per heavy atom. The Morgan fingerprint density at radius 1 is 1.15 bits per heavy atom. The number of nitrogens with zero attached hydrogens (tertiary/aromatic N) is 1. The van der Waals surface area contributed by atoms with Gasteiger partial charge in [-0.25, -0.2) is 9.37 Å². The number of methoxy groups -OCH3 is 1. The van der Waals surface area contributed by atoms with E-state index in [2.05, 4.69) is 5.32 Å². The number of pyridine rings is 1. The van der Waals surface area contributed by atoms with Crippen molar-refractivity contribution in [1.82, 2.24) is 10.3 Å². The van der Waals surface area contributed by atoms with Gasteiger partial charge in [0.2, 0.25) is 0 Å². The Bertz CT molecular complexity index is 1450. The predicted octanol–water partition coefficient (Wildman–Crippen LogP) is 4.58. The lowest BCUT2D eigenvalue weighted by Gasteiger charge is -2.28. The van der Waals surface area contributed by atoms with Crippen LogP contribution in [0.3, 0.4) is 0 Å². The lowest BCUT2D eigenvalue weighted by atomic mass is 9.82. The fourth-order valence-electron chi connectivity index (χ4n) is 4.67. The molecular weight excluding hydrogens is 525 g/mol. The number of aliphatic hydroxyl groups is 1. The number of hydrogen-bond donors (Lipinski definition) is 3. The molecule has 1 fully saturated rings. The van der Waals surface area contributed by atoms with Crippen molar-refractivity contribution in [3.05, 3.63) is 76.7 Å². The molecular formula is C32H38FN3O5. The minimum Gasteiger partial charge on any atom is -0.493 e. The summed E-state index contributed by atoms with van der Waals surface area (Å²) < 4.78 is 25.2. The van der Waals surface area contributed by atoms with Crippen LogP contribution >= 0.6 is 0 Å². The predicted molar refractivity (Wildman–Crippen MR) is 155 cm³/mol. The number of Topliss-reactive ketones (excluding diaryl/α,β-unsaturated/α-hetero) is 1. The summed E-state index contributed by atoms with van der Waals surface area (Å²) in [6.45, 7) is 8.24. The minimum atomic E-state index is -1.44. The van der Waals surface area contributed by atoms with E-state index in [1.807, 2.05) is 26.0 Å². The summed E-state index contributed by atoms with van der Waals surface area (Å²) in [4.78, 5) is 29.8. The average Bonchev–Trinajstić information content (AvgIpc) is 3.37. The minimum absolute atomic E-state index is 0.0402. The van der Waals surface area contributed by atoms with Crippen molar-refractivity contribution in [3.8, 4) is 22.8 Å². The van der Waals surface area contributed by atoms with Gasteiger partial charge >= 0.3 is 0 Å². The van der Waals surface area contributed by atoms with Gasteiger partial charge in [0.05, 0.1) is 18.5 Å². The van der Waals surface area contributed by atoms with Crippen molar-refractivity contribution in [2.24, 2.45) is 5.73 Å². The molecule has 1 aliphatic rings. The average molecular weight is 564 g/mol. The van der Waals surface area contributed by atoms with Crippen LogP contribution in [-0.2, 0) is 15.8 Å². The van der Waals surface area contributed by atoms with Crippen LogP contribution in [0, 0.1) is 12.7 Å². The van der Waals surface area contributed by atoms with Crippen LogP contribution in [0.2, 0.25) is 0 Å². The zero-order chi connectivity index (χ0) is 29.9. The Morgan fingerprint density at radius 3 is 2.54 bits per heavy atom. The van der Waals surface area contributed by atoms with Crippen LogP contribution in [-0.4, -0.2) is 48.1 Å². The van der Waals surface area contributed by atoms with Crippen molar-refractivity contribution in [1.29, 1.82) is 0 Å². The Hall–Kier alpha value is -3.82. The maximum absolute atomic E-state index is 14.0. The Kier molecular flexibility index (Phi) is 8.80. The number of amides is 1. The Balaban J connectivity index is 1.57. The van der Waals surface area contributed by atoms with E-state index in [9.17, 15) is 19.1 Å². The molecule has 0 spiro atoms. The molecule has 1 aromatic heterocycles. The molecule has 0 aliphatic carbocycles. The van der Waals surface area contributed by atoms with Crippen LogP contribution in [0.15, 0.2) is 48.5 Å². The molecule has 2 atom stereocenters. The topological polar surface area (TPSA) is 124 Å². The second-order valence-corrected chi connectivity index (χ2v) is 11.4. The van der Waals surface area contributed by atoms with Gasteiger partial charge in [-0.2, -0.15) is 0 Å². The SMILES string of the molecule is COc1cc(C(=O)CCC(C)(O)c2cc(C(C)(C)CN)cc(-c3ccc(F)c(C)c3)n2)ccc1O[C@H]1CCNC1=O. The largest absolute Gasteiger partial charge is 0.493 e. The summed E-state index contributed by atoms with van der Waals surface area (Å²) in [5.41, 5.74) is 7.69. The fourth-order valence-corrected chi connectivity index (χ4v) is 4.67.